The molecular formula is C14H21BrO2. The molecule has 0 aliphatic heterocycles. The highest BCUT2D eigenvalue weighted by molar-refractivity contribution is 9.10. The van der Waals surface area contributed by atoms with Gasteiger partial charge in [-0.1, -0.05) is 29.8 Å². The molecule has 1 rings (SSSR count). The van der Waals surface area contributed by atoms with Crippen molar-refractivity contribution < 1.29 is 9.47 Å². The summed E-state index contributed by atoms with van der Waals surface area (Å²) in [7, 11) is 1.73. The molecule has 0 spiro atoms. The van der Waals surface area contributed by atoms with Crippen molar-refractivity contribution in [3.63, 3.8) is 0 Å². The van der Waals surface area contributed by atoms with Crippen LogP contribution in [0.15, 0.2) is 22.7 Å². The van der Waals surface area contributed by atoms with Crippen LogP contribution in [-0.4, -0.2) is 20.3 Å². The van der Waals surface area contributed by atoms with Crippen molar-refractivity contribution >= 4 is 15.9 Å². The lowest BCUT2D eigenvalue weighted by atomic mass is 10.0. The van der Waals surface area contributed by atoms with Crippen LogP contribution >= 0.6 is 15.9 Å². The molecule has 17 heavy (non-hydrogen) atoms. The molecule has 0 atom stereocenters. The summed E-state index contributed by atoms with van der Waals surface area (Å²) < 4.78 is 11.9. The van der Waals surface area contributed by atoms with E-state index in [1.54, 1.807) is 7.11 Å². The molecule has 0 fully saturated rings. The van der Waals surface area contributed by atoms with Gasteiger partial charge < -0.3 is 9.47 Å². The Morgan fingerprint density at radius 3 is 2.53 bits per heavy atom. The van der Waals surface area contributed by atoms with Gasteiger partial charge >= 0.3 is 0 Å². The third kappa shape index (κ3) is 5.09. The first-order chi connectivity index (χ1) is 8.15. The Bertz CT molecular complexity index is 337. The van der Waals surface area contributed by atoms with E-state index in [2.05, 4.69) is 35.8 Å². The molecule has 3 heteroatoms. The third-order valence-corrected chi connectivity index (χ3v) is 3.09. The van der Waals surface area contributed by atoms with E-state index in [1.165, 1.54) is 5.56 Å². The molecule has 0 aromatic heterocycles. The topological polar surface area (TPSA) is 18.5 Å². The predicted molar refractivity (Wildman–Crippen MR) is 74.8 cm³/mol. The van der Waals surface area contributed by atoms with E-state index in [0.29, 0.717) is 5.92 Å². The second-order valence-electron chi connectivity index (χ2n) is 4.39. The van der Waals surface area contributed by atoms with Gasteiger partial charge in [0.1, 0.15) is 5.75 Å². The molecule has 0 saturated carbocycles. The normalized spacial score (nSPS) is 10.9. The molecule has 1 aromatic carbocycles. The van der Waals surface area contributed by atoms with Crippen LogP contribution in [0.1, 0.15) is 38.2 Å². The van der Waals surface area contributed by atoms with E-state index in [0.717, 1.165) is 36.3 Å². The minimum atomic E-state index is 0.474. The van der Waals surface area contributed by atoms with Gasteiger partial charge in [0.25, 0.3) is 0 Å². The third-order valence-electron chi connectivity index (χ3n) is 2.59. The maximum Gasteiger partial charge on any atom is 0.122 e. The number of hydrogen-bond donors (Lipinski definition) is 0. The molecular weight excluding hydrogens is 280 g/mol. The predicted octanol–water partition coefficient (Wildman–Crippen LogP) is 4.38. The lowest BCUT2D eigenvalue weighted by Crippen LogP contribution is -2.02. The van der Waals surface area contributed by atoms with Gasteiger partial charge in [0, 0.05) is 18.2 Å². The van der Waals surface area contributed by atoms with E-state index in [4.69, 9.17) is 9.47 Å². The molecule has 0 unspecified atom stereocenters. The Balaban J connectivity index is 2.52. The number of ether oxygens (including phenoxy) is 2. The molecule has 0 aliphatic carbocycles. The van der Waals surface area contributed by atoms with E-state index in [-0.39, 0.29) is 0 Å². The summed E-state index contributed by atoms with van der Waals surface area (Å²) in [5.74, 6) is 1.47. The van der Waals surface area contributed by atoms with Crippen LogP contribution in [0, 0.1) is 0 Å². The monoisotopic (exact) mass is 300 g/mol. The fourth-order valence-electron chi connectivity index (χ4n) is 1.63. The van der Waals surface area contributed by atoms with Crippen molar-refractivity contribution in [2.24, 2.45) is 0 Å². The molecule has 0 bridgehead atoms. The summed E-state index contributed by atoms with van der Waals surface area (Å²) in [6.07, 6.45) is 2.07. The van der Waals surface area contributed by atoms with Crippen LogP contribution in [0.2, 0.25) is 0 Å². The number of hydrogen-bond acceptors (Lipinski definition) is 2. The van der Waals surface area contributed by atoms with Crippen molar-refractivity contribution in [1.82, 2.24) is 0 Å². The highest BCUT2D eigenvalue weighted by atomic mass is 79.9. The van der Waals surface area contributed by atoms with Gasteiger partial charge in [-0.05, 0) is 42.5 Å². The molecule has 0 amide bonds. The standard InChI is InChI=1S/C14H21BrO2/c1-11(2)13-10-12(15)6-7-14(13)17-9-5-4-8-16-3/h6-7,10-11H,4-5,8-9H2,1-3H3. The summed E-state index contributed by atoms with van der Waals surface area (Å²) in [6, 6.07) is 6.20. The molecule has 0 heterocycles. The zero-order chi connectivity index (χ0) is 12.7. The van der Waals surface area contributed by atoms with Crippen LogP contribution in [0.3, 0.4) is 0 Å². The van der Waals surface area contributed by atoms with Crippen molar-refractivity contribution in [1.29, 1.82) is 0 Å². The first-order valence-corrected chi connectivity index (χ1v) is 6.85. The van der Waals surface area contributed by atoms with Crippen molar-refractivity contribution in [2.75, 3.05) is 20.3 Å². The van der Waals surface area contributed by atoms with Gasteiger partial charge in [0.05, 0.1) is 6.61 Å². The van der Waals surface area contributed by atoms with Gasteiger partial charge in [0.15, 0.2) is 0 Å². The Morgan fingerprint density at radius 2 is 1.88 bits per heavy atom. The van der Waals surface area contributed by atoms with Gasteiger partial charge in [-0.15, -0.1) is 0 Å². The van der Waals surface area contributed by atoms with Crippen LogP contribution in [0.5, 0.6) is 5.75 Å². The highest BCUT2D eigenvalue weighted by Crippen LogP contribution is 2.29. The average molecular weight is 301 g/mol. The maximum atomic E-state index is 5.82. The molecule has 0 aliphatic rings. The zero-order valence-electron chi connectivity index (χ0n) is 10.8. The van der Waals surface area contributed by atoms with Crippen LogP contribution in [0.25, 0.3) is 0 Å². The lowest BCUT2D eigenvalue weighted by molar-refractivity contribution is 0.184. The number of unbranched alkanes of at least 4 members (excludes halogenated alkanes) is 1. The van der Waals surface area contributed by atoms with E-state index in [9.17, 15) is 0 Å². The molecule has 1 aromatic rings. The Kier molecular flexibility index (Phi) is 6.60. The fourth-order valence-corrected chi connectivity index (χ4v) is 2.01. The van der Waals surface area contributed by atoms with Crippen LogP contribution in [-0.2, 0) is 4.74 Å². The zero-order valence-corrected chi connectivity index (χ0v) is 12.4. The van der Waals surface area contributed by atoms with Gasteiger partial charge in [0.2, 0.25) is 0 Å². The quantitative estimate of drug-likeness (QED) is 0.696. The molecule has 96 valence electrons. The molecule has 0 saturated heterocycles. The maximum absolute atomic E-state index is 5.82. The van der Waals surface area contributed by atoms with E-state index < -0.39 is 0 Å². The van der Waals surface area contributed by atoms with Gasteiger partial charge in [-0.2, -0.15) is 0 Å². The average Bonchev–Trinajstić information content (AvgIpc) is 2.30. The second-order valence-corrected chi connectivity index (χ2v) is 5.30. The summed E-state index contributed by atoms with van der Waals surface area (Å²) in [6.45, 7) is 5.92. The Hall–Kier alpha value is -0.540. The molecule has 0 radical (unpaired) electrons. The molecule has 0 N–H and O–H groups in total. The number of rotatable bonds is 7. The largest absolute Gasteiger partial charge is 0.493 e. The Labute approximate surface area is 112 Å². The van der Waals surface area contributed by atoms with Crippen molar-refractivity contribution in [2.45, 2.75) is 32.6 Å². The number of methoxy groups -OCH3 is 1. The minimum Gasteiger partial charge on any atom is -0.493 e. The number of benzene rings is 1. The first kappa shape index (κ1) is 14.5. The molecule has 2 nitrogen and oxygen atoms in total. The van der Waals surface area contributed by atoms with Crippen molar-refractivity contribution in [3.8, 4) is 5.75 Å². The first-order valence-electron chi connectivity index (χ1n) is 6.06. The summed E-state index contributed by atoms with van der Waals surface area (Å²) in [5, 5.41) is 0. The summed E-state index contributed by atoms with van der Waals surface area (Å²) >= 11 is 3.49. The lowest BCUT2D eigenvalue weighted by Gasteiger charge is -2.14. The fraction of sp³-hybridized carbons (Fsp3) is 0.571. The van der Waals surface area contributed by atoms with Crippen LogP contribution in [0.4, 0.5) is 0 Å². The Morgan fingerprint density at radius 1 is 1.18 bits per heavy atom. The van der Waals surface area contributed by atoms with Crippen LogP contribution < -0.4 is 4.74 Å². The van der Waals surface area contributed by atoms with E-state index >= 15 is 0 Å². The summed E-state index contributed by atoms with van der Waals surface area (Å²) in [5.41, 5.74) is 1.26. The SMILES string of the molecule is COCCCCOc1ccc(Br)cc1C(C)C. The summed E-state index contributed by atoms with van der Waals surface area (Å²) in [4.78, 5) is 0. The highest BCUT2D eigenvalue weighted by Gasteiger charge is 2.08. The van der Waals surface area contributed by atoms with Gasteiger partial charge in [-0.25, -0.2) is 0 Å². The second kappa shape index (κ2) is 7.72. The van der Waals surface area contributed by atoms with E-state index in [1.807, 2.05) is 12.1 Å². The minimum absolute atomic E-state index is 0.474. The van der Waals surface area contributed by atoms with Crippen molar-refractivity contribution in [3.05, 3.63) is 28.2 Å². The van der Waals surface area contributed by atoms with Gasteiger partial charge in [-0.3, -0.25) is 0 Å². The number of halogens is 1. The smallest absolute Gasteiger partial charge is 0.122 e.